The highest BCUT2D eigenvalue weighted by Crippen LogP contribution is 2.51. The van der Waals surface area contributed by atoms with Gasteiger partial charge in [0.1, 0.15) is 5.58 Å². The van der Waals surface area contributed by atoms with Crippen LogP contribution in [0, 0.1) is 6.92 Å². The fourth-order valence-corrected chi connectivity index (χ4v) is 9.20. The molecular weight excluding hydrogens is 667 g/mol. The predicted molar refractivity (Wildman–Crippen MR) is 235 cm³/mol. The first-order valence-corrected chi connectivity index (χ1v) is 20.2. The Morgan fingerprint density at radius 2 is 1.29 bits per heavy atom. The van der Waals surface area contributed by atoms with E-state index in [0.717, 1.165) is 46.2 Å². The van der Waals surface area contributed by atoms with E-state index in [2.05, 4.69) is 176 Å². The van der Waals surface area contributed by atoms with Gasteiger partial charge in [0, 0.05) is 39.1 Å². The molecular formula is C51H45BN2O. The van der Waals surface area contributed by atoms with E-state index in [1.54, 1.807) is 0 Å². The molecule has 0 aliphatic carbocycles. The second kappa shape index (κ2) is 13.7. The number of hydrogen-bond acceptors (Lipinski definition) is 3. The largest absolute Gasteiger partial charge is 0.454 e. The van der Waals surface area contributed by atoms with Crippen molar-refractivity contribution >= 4 is 68.1 Å². The monoisotopic (exact) mass is 712 g/mol. The molecule has 268 valence electrons. The van der Waals surface area contributed by atoms with Crippen molar-refractivity contribution in [1.29, 1.82) is 0 Å². The molecule has 0 saturated carbocycles. The summed E-state index contributed by atoms with van der Waals surface area (Å²) in [7, 11) is 0. The SMILES string of the molecule is CCCCc1ccc(N2c3ccc(CCCC)cc3B3c4c(cc(-c5ccccc5C)cc42)-c2ccc4c(oc5ccccc54)c2N3c2ccccc2)cc1. The standard InChI is InChI=1S/C51H45BN2O/c1-4-6-16-35-23-26-38(27-24-35)53-46-30-25-36(17-7-5-2)31-45(46)52-49-44(32-37(33-47(49)53)40-20-12-11-15-34(40)3)42-28-29-43-41-21-13-14-22-48(41)55-51(43)50(42)54(52)39-18-9-8-10-19-39/h8-15,18-33H,4-7,16-17H2,1-3H3. The van der Waals surface area contributed by atoms with Gasteiger partial charge in [-0.15, -0.1) is 0 Å². The quantitative estimate of drug-likeness (QED) is 0.139. The second-order valence-corrected chi connectivity index (χ2v) is 15.4. The first-order chi connectivity index (χ1) is 27.1. The van der Waals surface area contributed by atoms with Gasteiger partial charge < -0.3 is 14.1 Å². The van der Waals surface area contributed by atoms with Crippen LogP contribution in [0.1, 0.15) is 56.2 Å². The molecule has 2 aliphatic rings. The Bertz CT molecular complexity index is 2710. The molecule has 0 bridgehead atoms. The number of nitrogens with zero attached hydrogens (tertiary/aromatic N) is 2. The molecule has 8 aromatic rings. The zero-order chi connectivity index (χ0) is 37.0. The predicted octanol–water partition coefficient (Wildman–Crippen LogP) is 13.0. The molecule has 10 rings (SSSR count). The number of furan rings is 1. The minimum atomic E-state index is -0.0821. The van der Waals surface area contributed by atoms with E-state index in [-0.39, 0.29) is 6.85 Å². The normalized spacial score (nSPS) is 13.0. The maximum absolute atomic E-state index is 6.93. The van der Waals surface area contributed by atoms with Gasteiger partial charge in [0.15, 0.2) is 5.58 Å². The maximum atomic E-state index is 6.93. The zero-order valence-corrected chi connectivity index (χ0v) is 32.0. The number of para-hydroxylation sites is 2. The van der Waals surface area contributed by atoms with Crippen molar-refractivity contribution in [3.8, 4) is 22.3 Å². The van der Waals surface area contributed by atoms with E-state index in [1.165, 1.54) is 92.6 Å². The van der Waals surface area contributed by atoms with Gasteiger partial charge in [-0.1, -0.05) is 118 Å². The van der Waals surface area contributed by atoms with E-state index in [9.17, 15) is 0 Å². The van der Waals surface area contributed by atoms with Crippen LogP contribution in [0.2, 0.25) is 0 Å². The molecule has 0 radical (unpaired) electrons. The molecule has 7 aromatic carbocycles. The van der Waals surface area contributed by atoms with Gasteiger partial charge in [-0.3, -0.25) is 0 Å². The van der Waals surface area contributed by atoms with Crippen LogP contribution in [0.4, 0.5) is 28.4 Å². The smallest absolute Gasteiger partial charge is 0.333 e. The molecule has 0 amide bonds. The van der Waals surface area contributed by atoms with E-state index in [1.807, 2.05) is 0 Å². The molecule has 55 heavy (non-hydrogen) atoms. The summed E-state index contributed by atoms with van der Waals surface area (Å²) in [4.78, 5) is 5.14. The van der Waals surface area contributed by atoms with Crippen molar-refractivity contribution in [3.05, 3.63) is 162 Å². The summed E-state index contributed by atoms with van der Waals surface area (Å²) in [6.45, 7) is 6.70. The Hall–Kier alpha value is -6.00. The van der Waals surface area contributed by atoms with Crippen LogP contribution in [-0.2, 0) is 12.8 Å². The lowest BCUT2D eigenvalue weighted by Gasteiger charge is -2.46. The molecule has 1 aromatic heterocycles. The Balaban J connectivity index is 1.33. The summed E-state index contributed by atoms with van der Waals surface area (Å²) in [6.07, 6.45) is 6.89. The highest BCUT2D eigenvalue weighted by atomic mass is 16.3. The van der Waals surface area contributed by atoms with E-state index < -0.39 is 0 Å². The number of benzene rings is 7. The van der Waals surface area contributed by atoms with Gasteiger partial charge in [0.2, 0.25) is 0 Å². The fourth-order valence-electron chi connectivity index (χ4n) is 9.20. The highest BCUT2D eigenvalue weighted by Gasteiger charge is 2.46. The Labute approximate surface area is 325 Å². The van der Waals surface area contributed by atoms with Crippen molar-refractivity contribution in [2.75, 3.05) is 9.71 Å². The van der Waals surface area contributed by atoms with Crippen LogP contribution in [-0.4, -0.2) is 6.85 Å². The van der Waals surface area contributed by atoms with Gasteiger partial charge >= 0.3 is 6.85 Å². The summed E-state index contributed by atoms with van der Waals surface area (Å²) in [5.74, 6) is 0. The van der Waals surface area contributed by atoms with Gasteiger partial charge in [-0.25, -0.2) is 0 Å². The molecule has 0 fully saturated rings. The number of anilines is 5. The number of rotatable bonds is 9. The molecule has 0 atom stereocenters. The van der Waals surface area contributed by atoms with E-state index in [4.69, 9.17) is 4.42 Å². The van der Waals surface area contributed by atoms with Crippen molar-refractivity contribution < 1.29 is 4.42 Å². The van der Waals surface area contributed by atoms with Gasteiger partial charge in [0.25, 0.3) is 0 Å². The Kier molecular flexibility index (Phi) is 8.36. The van der Waals surface area contributed by atoms with Crippen molar-refractivity contribution in [3.63, 3.8) is 0 Å². The van der Waals surface area contributed by atoms with Gasteiger partial charge in [0.05, 0.1) is 5.69 Å². The molecule has 0 saturated heterocycles. The molecule has 3 heterocycles. The lowest BCUT2D eigenvalue weighted by molar-refractivity contribution is 0.669. The van der Waals surface area contributed by atoms with Crippen LogP contribution < -0.4 is 20.6 Å². The van der Waals surface area contributed by atoms with Gasteiger partial charge in [-0.2, -0.15) is 0 Å². The fraction of sp³-hybridized carbons (Fsp3) is 0.176. The molecule has 2 aliphatic heterocycles. The van der Waals surface area contributed by atoms with E-state index in [0.29, 0.717) is 0 Å². The summed E-state index contributed by atoms with van der Waals surface area (Å²) in [6, 6.07) is 54.5. The number of aryl methyl sites for hydroxylation is 3. The second-order valence-electron chi connectivity index (χ2n) is 15.4. The molecule has 0 unspecified atom stereocenters. The highest BCUT2D eigenvalue weighted by molar-refractivity contribution is 6.93. The van der Waals surface area contributed by atoms with Crippen LogP contribution in [0.3, 0.4) is 0 Å². The summed E-state index contributed by atoms with van der Waals surface area (Å²) in [5.41, 5.74) is 19.4. The lowest BCUT2D eigenvalue weighted by atomic mass is 9.43. The van der Waals surface area contributed by atoms with Crippen LogP contribution in [0.15, 0.2) is 150 Å². The average molecular weight is 713 g/mol. The van der Waals surface area contributed by atoms with Crippen LogP contribution in [0.5, 0.6) is 0 Å². The number of hydrogen-bond donors (Lipinski definition) is 0. The summed E-state index contributed by atoms with van der Waals surface area (Å²) in [5, 5.41) is 2.29. The third-order valence-corrected chi connectivity index (χ3v) is 11.9. The third kappa shape index (κ3) is 5.49. The van der Waals surface area contributed by atoms with Crippen LogP contribution in [0.25, 0.3) is 44.2 Å². The molecule has 0 spiro atoms. The summed E-state index contributed by atoms with van der Waals surface area (Å²) < 4.78 is 6.93. The first kappa shape index (κ1) is 33.6. The van der Waals surface area contributed by atoms with Crippen molar-refractivity contribution in [1.82, 2.24) is 0 Å². The van der Waals surface area contributed by atoms with Crippen LogP contribution >= 0.6 is 0 Å². The van der Waals surface area contributed by atoms with Crippen molar-refractivity contribution in [2.24, 2.45) is 0 Å². The molecule has 3 nitrogen and oxygen atoms in total. The average Bonchev–Trinajstić information content (AvgIpc) is 3.62. The minimum Gasteiger partial charge on any atom is -0.454 e. The first-order valence-electron chi connectivity index (χ1n) is 20.2. The summed E-state index contributed by atoms with van der Waals surface area (Å²) >= 11 is 0. The Morgan fingerprint density at radius 1 is 0.564 bits per heavy atom. The topological polar surface area (TPSA) is 19.6 Å². The van der Waals surface area contributed by atoms with Crippen molar-refractivity contribution in [2.45, 2.75) is 59.3 Å². The number of unbranched alkanes of at least 4 members (excludes halogenated alkanes) is 2. The molecule has 4 heteroatoms. The Morgan fingerprint density at radius 3 is 2.09 bits per heavy atom. The van der Waals surface area contributed by atoms with Gasteiger partial charge in [-0.05, 0) is 132 Å². The maximum Gasteiger partial charge on any atom is 0.333 e. The zero-order valence-electron chi connectivity index (χ0n) is 32.0. The van der Waals surface area contributed by atoms with E-state index >= 15 is 0 Å². The minimum absolute atomic E-state index is 0.0821. The third-order valence-electron chi connectivity index (χ3n) is 11.9. The lowest BCUT2D eigenvalue weighted by Crippen LogP contribution is -2.61. The number of fused-ring (bicyclic) bond motifs is 8. The molecule has 0 N–H and O–H groups in total.